The summed E-state index contributed by atoms with van der Waals surface area (Å²) in [6.45, 7) is 15.9. The van der Waals surface area contributed by atoms with Gasteiger partial charge in [0.2, 0.25) is 11.8 Å². The zero-order valence-electron chi connectivity index (χ0n) is 22.6. The maximum atomic E-state index is 13.6. The molecule has 3 amide bonds. The van der Waals surface area contributed by atoms with Crippen LogP contribution < -0.4 is 10.6 Å². The van der Waals surface area contributed by atoms with Crippen molar-refractivity contribution in [3.05, 3.63) is 34.9 Å². The smallest absolute Gasteiger partial charge is 0.408 e. The van der Waals surface area contributed by atoms with Crippen LogP contribution in [0.5, 0.6) is 0 Å². The SMILES string of the molecule is CCCCCNC(=O)C(c1cc(C)ccc1C)N(C)C(=O)C(CC(C)C)NC(=O)OC(C)(C)C. The fourth-order valence-corrected chi connectivity index (χ4v) is 3.78. The molecule has 2 atom stereocenters. The molecule has 0 aliphatic carbocycles. The number of carbonyl (C=O) groups is 3. The Morgan fingerprint density at radius 2 is 1.74 bits per heavy atom. The van der Waals surface area contributed by atoms with Gasteiger partial charge in [0.25, 0.3) is 0 Å². The van der Waals surface area contributed by atoms with Crippen LogP contribution in [-0.2, 0) is 14.3 Å². The van der Waals surface area contributed by atoms with Crippen molar-refractivity contribution in [3.8, 4) is 0 Å². The number of aryl methyl sites for hydroxylation is 2. The number of carbonyl (C=O) groups excluding carboxylic acids is 3. The minimum atomic E-state index is -0.805. The molecule has 7 nitrogen and oxygen atoms in total. The van der Waals surface area contributed by atoms with Crippen LogP contribution in [0.2, 0.25) is 0 Å². The molecule has 0 saturated carbocycles. The van der Waals surface area contributed by atoms with Crippen molar-refractivity contribution in [1.29, 1.82) is 0 Å². The minimum absolute atomic E-state index is 0.152. The quantitative estimate of drug-likeness (QED) is 0.439. The molecule has 0 spiro atoms. The topological polar surface area (TPSA) is 87.7 Å². The van der Waals surface area contributed by atoms with Crippen LogP contribution in [0.3, 0.4) is 0 Å². The van der Waals surface area contributed by atoms with Gasteiger partial charge in [-0.15, -0.1) is 0 Å². The summed E-state index contributed by atoms with van der Waals surface area (Å²) in [5.74, 6) is -0.394. The van der Waals surface area contributed by atoms with E-state index in [0.717, 1.165) is 36.0 Å². The van der Waals surface area contributed by atoms with E-state index >= 15 is 0 Å². The Labute approximate surface area is 206 Å². The number of hydrogen-bond acceptors (Lipinski definition) is 4. The van der Waals surface area contributed by atoms with Crippen LogP contribution in [0.25, 0.3) is 0 Å². The molecule has 0 aliphatic heterocycles. The van der Waals surface area contributed by atoms with E-state index in [4.69, 9.17) is 4.74 Å². The Hall–Kier alpha value is -2.57. The summed E-state index contributed by atoms with van der Waals surface area (Å²) in [4.78, 5) is 40.9. The molecule has 0 aliphatic rings. The molecule has 2 N–H and O–H groups in total. The van der Waals surface area contributed by atoms with Crippen LogP contribution in [0.1, 0.15) is 90.0 Å². The molecule has 0 radical (unpaired) electrons. The Kier molecular flexibility index (Phi) is 11.6. The van der Waals surface area contributed by atoms with Crippen molar-refractivity contribution in [3.63, 3.8) is 0 Å². The number of benzene rings is 1. The standard InChI is InChI=1S/C27H45N3O4/c1-10-11-12-15-28-24(31)23(21-17-19(4)13-14-20(21)5)30(9)25(32)22(16-18(2)3)29-26(33)34-27(6,7)8/h13-14,17-18,22-23H,10-12,15-16H2,1-9H3,(H,28,31)(H,29,33). The molecule has 1 rings (SSSR count). The molecule has 34 heavy (non-hydrogen) atoms. The number of nitrogens with one attached hydrogen (secondary N) is 2. The summed E-state index contributed by atoms with van der Waals surface area (Å²) in [7, 11) is 1.63. The Balaban J connectivity index is 3.26. The number of hydrogen-bond donors (Lipinski definition) is 2. The van der Waals surface area contributed by atoms with Gasteiger partial charge in [-0.2, -0.15) is 0 Å². The number of unbranched alkanes of at least 4 members (excludes halogenated alkanes) is 2. The molecule has 0 bridgehead atoms. The van der Waals surface area contributed by atoms with E-state index in [1.807, 2.05) is 45.9 Å². The first-order chi connectivity index (χ1) is 15.8. The highest BCUT2D eigenvalue weighted by Crippen LogP contribution is 2.26. The lowest BCUT2D eigenvalue weighted by molar-refractivity contribution is -0.141. The Bertz CT molecular complexity index is 830. The summed E-state index contributed by atoms with van der Waals surface area (Å²) in [6.07, 6.45) is 2.75. The van der Waals surface area contributed by atoms with E-state index in [9.17, 15) is 14.4 Å². The number of alkyl carbamates (subject to hydrolysis) is 1. The molecular formula is C27H45N3O4. The molecule has 0 heterocycles. The average molecular weight is 476 g/mol. The number of ether oxygens (including phenoxy) is 1. The van der Waals surface area contributed by atoms with Crippen molar-refractivity contribution in [2.45, 2.75) is 98.8 Å². The lowest BCUT2D eigenvalue weighted by Crippen LogP contribution is -2.52. The second-order valence-electron chi connectivity index (χ2n) is 10.5. The first-order valence-corrected chi connectivity index (χ1v) is 12.4. The van der Waals surface area contributed by atoms with E-state index in [-0.39, 0.29) is 17.7 Å². The molecule has 192 valence electrons. The van der Waals surface area contributed by atoms with E-state index in [2.05, 4.69) is 17.6 Å². The zero-order chi connectivity index (χ0) is 26.1. The maximum absolute atomic E-state index is 13.6. The van der Waals surface area contributed by atoms with E-state index < -0.39 is 23.8 Å². The molecule has 7 heteroatoms. The summed E-state index contributed by atoms with van der Waals surface area (Å²) >= 11 is 0. The van der Waals surface area contributed by atoms with Gasteiger partial charge in [0.15, 0.2) is 0 Å². The van der Waals surface area contributed by atoms with Crippen molar-refractivity contribution >= 4 is 17.9 Å². The first kappa shape index (κ1) is 29.5. The van der Waals surface area contributed by atoms with Gasteiger partial charge in [-0.1, -0.05) is 57.4 Å². The van der Waals surface area contributed by atoms with Crippen LogP contribution in [0.4, 0.5) is 4.79 Å². The fourth-order valence-electron chi connectivity index (χ4n) is 3.78. The van der Waals surface area contributed by atoms with Crippen molar-refractivity contribution in [2.24, 2.45) is 5.92 Å². The third kappa shape index (κ3) is 9.74. The molecule has 0 fully saturated rings. The zero-order valence-corrected chi connectivity index (χ0v) is 22.6. The minimum Gasteiger partial charge on any atom is -0.444 e. The van der Waals surface area contributed by atoms with Crippen LogP contribution >= 0.6 is 0 Å². The highest BCUT2D eigenvalue weighted by Gasteiger charge is 2.35. The number of likely N-dealkylation sites (N-methyl/N-ethyl adjacent to an activating group) is 1. The van der Waals surface area contributed by atoms with Gasteiger partial charge in [0.05, 0.1) is 0 Å². The molecule has 1 aromatic carbocycles. The number of amides is 3. The Morgan fingerprint density at radius 3 is 2.29 bits per heavy atom. The van der Waals surface area contributed by atoms with Gasteiger partial charge in [-0.3, -0.25) is 9.59 Å². The van der Waals surface area contributed by atoms with Gasteiger partial charge < -0.3 is 20.3 Å². The summed E-state index contributed by atoms with van der Waals surface area (Å²) < 4.78 is 5.38. The van der Waals surface area contributed by atoms with Crippen LogP contribution in [0.15, 0.2) is 18.2 Å². The van der Waals surface area contributed by atoms with E-state index in [1.54, 1.807) is 27.8 Å². The third-order valence-corrected chi connectivity index (χ3v) is 5.49. The lowest BCUT2D eigenvalue weighted by atomic mass is 9.95. The lowest BCUT2D eigenvalue weighted by Gasteiger charge is -2.33. The average Bonchev–Trinajstić information content (AvgIpc) is 2.71. The largest absolute Gasteiger partial charge is 0.444 e. The van der Waals surface area contributed by atoms with E-state index in [1.165, 1.54) is 4.90 Å². The van der Waals surface area contributed by atoms with Crippen molar-refractivity contribution in [2.75, 3.05) is 13.6 Å². The van der Waals surface area contributed by atoms with Gasteiger partial charge in [-0.05, 0) is 64.5 Å². The highest BCUT2D eigenvalue weighted by molar-refractivity contribution is 5.92. The fraction of sp³-hybridized carbons (Fsp3) is 0.667. The van der Waals surface area contributed by atoms with Crippen molar-refractivity contribution in [1.82, 2.24) is 15.5 Å². The van der Waals surface area contributed by atoms with Gasteiger partial charge >= 0.3 is 6.09 Å². The predicted octanol–water partition coefficient (Wildman–Crippen LogP) is 5.05. The summed E-state index contributed by atoms with van der Waals surface area (Å²) in [6, 6.07) is 4.30. The molecule has 2 unspecified atom stereocenters. The number of nitrogens with zero attached hydrogens (tertiary/aromatic N) is 1. The van der Waals surface area contributed by atoms with E-state index in [0.29, 0.717) is 13.0 Å². The third-order valence-electron chi connectivity index (χ3n) is 5.49. The number of rotatable bonds is 11. The molecule has 0 aromatic heterocycles. The van der Waals surface area contributed by atoms with Gasteiger partial charge in [0.1, 0.15) is 17.7 Å². The molecule has 0 saturated heterocycles. The first-order valence-electron chi connectivity index (χ1n) is 12.4. The Morgan fingerprint density at radius 1 is 1.09 bits per heavy atom. The predicted molar refractivity (Wildman–Crippen MR) is 137 cm³/mol. The molecular weight excluding hydrogens is 430 g/mol. The maximum Gasteiger partial charge on any atom is 0.408 e. The van der Waals surface area contributed by atoms with Crippen LogP contribution in [0, 0.1) is 19.8 Å². The van der Waals surface area contributed by atoms with Gasteiger partial charge in [0, 0.05) is 13.6 Å². The molecule has 1 aromatic rings. The monoisotopic (exact) mass is 475 g/mol. The van der Waals surface area contributed by atoms with Crippen LogP contribution in [-0.4, -0.2) is 48.0 Å². The highest BCUT2D eigenvalue weighted by atomic mass is 16.6. The van der Waals surface area contributed by atoms with Gasteiger partial charge in [-0.25, -0.2) is 4.79 Å². The second kappa shape index (κ2) is 13.4. The normalized spacial score (nSPS) is 13.2. The summed E-state index contributed by atoms with van der Waals surface area (Å²) in [5.41, 5.74) is 2.04. The summed E-state index contributed by atoms with van der Waals surface area (Å²) in [5, 5.41) is 5.74. The second-order valence-corrected chi connectivity index (χ2v) is 10.5. The van der Waals surface area contributed by atoms with Crippen molar-refractivity contribution < 1.29 is 19.1 Å².